The molecule has 0 spiro atoms. The first-order valence-corrected chi connectivity index (χ1v) is 6.64. The van der Waals surface area contributed by atoms with E-state index in [0.717, 1.165) is 11.3 Å². The number of nitrogens with zero attached hydrogens (tertiary/aromatic N) is 2. The molecular weight excluding hydrogens is 273 g/mol. The molecule has 0 fully saturated rings. The van der Waals surface area contributed by atoms with Crippen molar-refractivity contribution in [1.29, 1.82) is 0 Å². The fourth-order valence-corrected chi connectivity index (χ4v) is 2.22. The molecule has 1 aromatic heterocycles. The van der Waals surface area contributed by atoms with Crippen LogP contribution in [0.25, 0.3) is 0 Å². The average molecular weight is 289 g/mol. The van der Waals surface area contributed by atoms with Crippen molar-refractivity contribution in [3.8, 4) is 0 Å². The third kappa shape index (κ3) is 3.82. The number of thiocarbonyl (C=S) groups is 1. The minimum absolute atomic E-state index is 0.214. The van der Waals surface area contributed by atoms with E-state index < -0.39 is 0 Å². The number of pyridine rings is 1. The second kappa shape index (κ2) is 6.54. The molecule has 0 saturated carbocycles. The maximum Gasteiger partial charge on any atom is 0.123 e. The summed E-state index contributed by atoms with van der Waals surface area (Å²) in [5.74, 6) is -0.330. The van der Waals surface area contributed by atoms with Gasteiger partial charge in [0.15, 0.2) is 0 Å². The highest BCUT2D eigenvalue weighted by molar-refractivity contribution is 7.80. The van der Waals surface area contributed by atoms with Gasteiger partial charge < -0.3 is 5.73 Å². The number of hydrogen-bond acceptors (Lipinski definition) is 3. The molecule has 0 amide bonds. The quantitative estimate of drug-likeness (QED) is 0.859. The summed E-state index contributed by atoms with van der Waals surface area (Å²) in [6.45, 7) is 1.33. The van der Waals surface area contributed by atoms with E-state index >= 15 is 0 Å². The van der Waals surface area contributed by atoms with Gasteiger partial charge >= 0.3 is 0 Å². The van der Waals surface area contributed by atoms with Gasteiger partial charge in [-0.1, -0.05) is 24.4 Å². The van der Waals surface area contributed by atoms with Gasteiger partial charge in [-0.15, -0.1) is 0 Å². The van der Waals surface area contributed by atoms with E-state index in [1.165, 1.54) is 12.1 Å². The minimum Gasteiger partial charge on any atom is -0.389 e. The fraction of sp³-hybridized carbons (Fsp3) is 0.200. The third-order valence-electron chi connectivity index (χ3n) is 2.94. The van der Waals surface area contributed by atoms with Crippen LogP contribution in [-0.2, 0) is 13.1 Å². The molecule has 3 nitrogen and oxygen atoms in total. The number of benzene rings is 1. The van der Waals surface area contributed by atoms with Gasteiger partial charge in [-0.25, -0.2) is 4.39 Å². The summed E-state index contributed by atoms with van der Waals surface area (Å²) in [4.78, 5) is 6.57. The summed E-state index contributed by atoms with van der Waals surface area (Å²) in [6.07, 6.45) is 1.77. The number of hydrogen-bond donors (Lipinski definition) is 1. The molecule has 2 N–H and O–H groups in total. The van der Waals surface area contributed by atoms with E-state index in [9.17, 15) is 4.39 Å². The topological polar surface area (TPSA) is 42.2 Å². The fourth-order valence-electron chi connectivity index (χ4n) is 2.03. The van der Waals surface area contributed by atoms with E-state index in [4.69, 9.17) is 18.0 Å². The smallest absolute Gasteiger partial charge is 0.123 e. The maximum absolute atomic E-state index is 13.3. The highest BCUT2D eigenvalue weighted by Gasteiger charge is 2.10. The standard InChI is InChI=1S/C15H16FN3S/c1-19(10-13-4-2-3-7-18-13)9-11-5-6-12(16)8-14(11)15(17)20/h2-8H,9-10H2,1H3,(H2,17,20). The van der Waals surface area contributed by atoms with Gasteiger partial charge in [0.25, 0.3) is 0 Å². The van der Waals surface area contributed by atoms with Crippen molar-refractivity contribution < 1.29 is 4.39 Å². The van der Waals surface area contributed by atoms with Crippen LogP contribution < -0.4 is 5.73 Å². The zero-order chi connectivity index (χ0) is 14.5. The Morgan fingerprint density at radius 2 is 2.10 bits per heavy atom. The van der Waals surface area contributed by atoms with Crippen LogP contribution in [0.4, 0.5) is 4.39 Å². The number of nitrogens with two attached hydrogens (primary N) is 1. The molecule has 0 radical (unpaired) electrons. The van der Waals surface area contributed by atoms with Gasteiger partial charge in [-0.3, -0.25) is 9.88 Å². The number of aromatic nitrogens is 1. The van der Waals surface area contributed by atoms with Crippen LogP contribution in [0, 0.1) is 5.82 Å². The molecule has 2 rings (SSSR count). The van der Waals surface area contributed by atoms with Gasteiger partial charge in [0, 0.05) is 24.8 Å². The van der Waals surface area contributed by atoms with E-state index in [-0.39, 0.29) is 10.8 Å². The van der Waals surface area contributed by atoms with E-state index in [1.54, 1.807) is 12.3 Å². The van der Waals surface area contributed by atoms with Gasteiger partial charge in [0.2, 0.25) is 0 Å². The first-order chi connectivity index (χ1) is 9.56. The second-order valence-electron chi connectivity index (χ2n) is 4.66. The predicted octanol–water partition coefficient (Wildman–Crippen LogP) is 2.49. The van der Waals surface area contributed by atoms with Crippen LogP contribution in [0.3, 0.4) is 0 Å². The summed E-state index contributed by atoms with van der Waals surface area (Å²) in [7, 11) is 1.97. The summed E-state index contributed by atoms with van der Waals surface area (Å²) in [5, 5.41) is 0. The zero-order valence-electron chi connectivity index (χ0n) is 11.2. The molecule has 1 aromatic carbocycles. The lowest BCUT2D eigenvalue weighted by Crippen LogP contribution is -2.21. The SMILES string of the molecule is CN(Cc1ccccn1)Cc1ccc(F)cc1C(N)=S. The van der Waals surface area contributed by atoms with Crippen molar-refractivity contribution in [3.05, 3.63) is 65.2 Å². The molecule has 1 heterocycles. The third-order valence-corrected chi connectivity index (χ3v) is 3.16. The molecule has 0 bridgehead atoms. The van der Waals surface area contributed by atoms with Gasteiger partial charge in [0.05, 0.1) is 5.69 Å². The molecule has 0 aliphatic heterocycles. The molecule has 0 saturated heterocycles. The minimum atomic E-state index is -0.330. The second-order valence-corrected chi connectivity index (χ2v) is 5.10. The molecule has 20 heavy (non-hydrogen) atoms. The Labute approximate surface area is 123 Å². The average Bonchev–Trinajstić information content (AvgIpc) is 2.41. The molecule has 0 aliphatic carbocycles. The highest BCUT2D eigenvalue weighted by Crippen LogP contribution is 2.14. The van der Waals surface area contributed by atoms with E-state index in [2.05, 4.69) is 9.88 Å². The molecule has 0 aliphatic rings. The predicted molar refractivity (Wildman–Crippen MR) is 81.7 cm³/mol. The molecule has 0 atom stereocenters. The van der Waals surface area contributed by atoms with Crippen molar-refractivity contribution in [2.45, 2.75) is 13.1 Å². The van der Waals surface area contributed by atoms with Crippen molar-refractivity contribution in [1.82, 2.24) is 9.88 Å². The van der Waals surface area contributed by atoms with Crippen LogP contribution in [0.15, 0.2) is 42.6 Å². The Kier molecular flexibility index (Phi) is 4.76. The Hall–Kier alpha value is -1.85. The molecular formula is C15H16FN3S. The Morgan fingerprint density at radius 1 is 1.30 bits per heavy atom. The first-order valence-electron chi connectivity index (χ1n) is 6.23. The lowest BCUT2D eigenvalue weighted by molar-refractivity contribution is 0.315. The first kappa shape index (κ1) is 14.6. The van der Waals surface area contributed by atoms with Gasteiger partial charge in [-0.05, 0) is 36.9 Å². The Balaban J connectivity index is 2.11. The van der Waals surface area contributed by atoms with Crippen molar-refractivity contribution in [2.75, 3.05) is 7.05 Å². The van der Waals surface area contributed by atoms with E-state index in [1.807, 2.05) is 25.2 Å². The number of halogens is 1. The maximum atomic E-state index is 13.3. The largest absolute Gasteiger partial charge is 0.389 e. The summed E-state index contributed by atoms with van der Waals surface area (Å²) >= 11 is 4.97. The van der Waals surface area contributed by atoms with Gasteiger partial charge in [0.1, 0.15) is 10.8 Å². The molecule has 5 heteroatoms. The van der Waals surface area contributed by atoms with Crippen LogP contribution in [0.1, 0.15) is 16.8 Å². The Bertz CT molecular complexity index is 601. The van der Waals surface area contributed by atoms with Crippen LogP contribution in [0.5, 0.6) is 0 Å². The van der Waals surface area contributed by atoms with Crippen molar-refractivity contribution in [2.24, 2.45) is 5.73 Å². The Morgan fingerprint density at radius 3 is 2.75 bits per heavy atom. The monoisotopic (exact) mass is 289 g/mol. The van der Waals surface area contributed by atoms with Crippen molar-refractivity contribution in [3.63, 3.8) is 0 Å². The zero-order valence-corrected chi connectivity index (χ0v) is 12.0. The van der Waals surface area contributed by atoms with Crippen LogP contribution in [-0.4, -0.2) is 21.9 Å². The van der Waals surface area contributed by atoms with Crippen LogP contribution in [0.2, 0.25) is 0 Å². The normalized spacial score (nSPS) is 10.8. The van der Waals surface area contributed by atoms with Crippen LogP contribution >= 0.6 is 12.2 Å². The number of rotatable bonds is 5. The summed E-state index contributed by atoms with van der Waals surface area (Å²) in [6, 6.07) is 10.3. The summed E-state index contributed by atoms with van der Waals surface area (Å²) in [5.41, 5.74) is 8.13. The highest BCUT2D eigenvalue weighted by atomic mass is 32.1. The summed E-state index contributed by atoms with van der Waals surface area (Å²) < 4.78 is 13.3. The molecule has 104 valence electrons. The lowest BCUT2D eigenvalue weighted by Gasteiger charge is -2.18. The lowest BCUT2D eigenvalue weighted by atomic mass is 10.1. The van der Waals surface area contributed by atoms with Gasteiger partial charge in [-0.2, -0.15) is 0 Å². The van der Waals surface area contributed by atoms with E-state index in [0.29, 0.717) is 18.7 Å². The molecule has 0 unspecified atom stereocenters. The molecule has 2 aromatic rings. The van der Waals surface area contributed by atoms with Crippen molar-refractivity contribution >= 4 is 17.2 Å².